The van der Waals surface area contributed by atoms with Gasteiger partial charge in [0, 0.05) is 5.40 Å². The van der Waals surface area contributed by atoms with Crippen LogP contribution in [0.4, 0.5) is 0 Å². The summed E-state index contributed by atoms with van der Waals surface area (Å²) in [6.45, 7) is 3.87. The van der Waals surface area contributed by atoms with Crippen LogP contribution in [0.1, 0.15) is 13.8 Å². The highest BCUT2D eigenvalue weighted by Gasteiger charge is 2.67. The second-order valence-electron chi connectivity index (χ2n) is 5.86. The minimum atomic E-state index is -2.38. The van der Waals surface area contributed by atoms with Crippen LogP contribution in [0, 0.1) is 0 Å². The van der Waals surface area contributed by atoms with Crippen molar-refractivity contribution in [2.75, 3.05) is 6.54 Å². The molecule has 2 aliphatic rings. The van der Waals surface area contributed by atoms with Gasteiger partial charge in [-0.25, -0.2) is 0 Å². The van der Waals surface area contributed by atoms with Gasteiger partial charge in [0.15, 0.2) is 7.85 Å². The summed E-state index contributed by atoms with van der Waals surface area (Å²) in [6.07, 6.45) is 0. The molecule has 83 valence electrons. The molecule has 0 saturated carbocycles. The lowest BCUT2D eigenvalue weighted by Gasteiger charge is -2.65. The van der Waals surface area contributed by atoms with Crippen LogP contribution in [-0.2, 0) is 4.74 Å². The molecule has 18 heavy (non-hydrogen) atoms. The summed E-state index contributed by atoms with van der Waals surface area (Å²) in [7, 11) is 30.0. The number of hydrogen-bond acceptors (Lipinski definition) is 4. The average molecular weight is 233 g/mol. The SMILES string of the molecule is [B]C1([B])OC([B])(O)C2([B])[B]C(C)(C)CN2C1([B])O. The first kappa shape index (κ1) is 14.6. The van der Waals surface area contributed by atoms with Crippen LogP contribution in [0.25, 0.3) is 0 Å². The lowest BCUT2D eigenvalue weighted by Crippen LogP contribution is -2.84. The zero-order valence-electron chi connectivity index (χ0n) is 10.4. The van der Waals surface area contributed by atoms with Crippen molar-refractivity contribution in [1.29, 1.82) is 0 Å². The number of ether oxygens (including phenoxy) is 1. The summed E-state index contributed by atoms with van der Waals surface area (Å²) in [5, 5.41) is 15.9. The number of aliphatic hydroxyl groups is 2. The van der Waals surface area contributed by atoms with Gasteiger partial charge in [0.25, 0.3) is 0 Å². The van der Waals surface area contributed by atoms with Gasteiger partial charge in [-0.1, -0.05) is 13.8 Å². The fraction of sp³-hybridized carbons (Fsp3) is 1.00. The van der Waals surface area contributed by atoms with Crippen molar-refractivity contribution in [1.82, 2.24) is 4.90 Å². The average Bonchev–Trinajstić information content (AvgIpc) is 2.34. The first-order valence-electron chi connectivity index (χ1n) is 5.49. The molecule has 2 aliphatic heterocycles. The van der Waals surface area contributed by atoms with Crippen LogP contribution in [0.5, 0.6) is 0 Å². The van der Waals surface area contributed by atoms with E-state index in [0.29, 0.717) is 0 Å². The van der Waals surface area contributed by atoms with Crippen LogP contribution in [0.3, 0.4) is 0 Å². The number of rotatable bonds is 0. The van der Waals surface area contributed by atoms with Gasteiger partial charge in [0.2, 0.25) is 0 Å². The first-order valence-corrected chi connectivity index (χ1v) is 5.49. The smallest absolute Gasteiger partial charge is 0.154 e. The Hall–Kier alpha value is 0.230. The summed E-state index contributed by atoms with van der Waals surface area (Å²) in [5.74, 6) is 0. The summed E-state index contributed by atoms with van der Waals surface area (Å²) in [6, 6.07) is 0. The Balaban J connectivity index is 2.55. The van der Waals surface area contributed by atoms with Crippen molar-refractivity contribution in [2.45, 2.75) is 41.2 Å². The highest BCUT2D eigenvalue weighted by Crippen LogP contribution is 2.50. The molecule has 10 heteroatoms. The van der Waals surface area contributed by atoms with Crippen LogP contribution < -0.4 is 0 Å². The van der Waals surface area contributed by atoms with Gasteiger partial charge in [-0.05, 0) is 17.2 Å². The van der Waals surface area contributed by atoms with Gasteiger partial charge in [0.05, 0.1) is 13.5 Å². The molecule has 3 unspecified atom stereocenters. The van der Waals surface area contributed by atoms with Crippen molar-refractivity contribution >= 4 is 46.5 Å². The third-order valence-electron chi connectivity index (χ3n) is 3.51. The van der Waals surface area contributed by atoms with Crippen LogP contribution in [-0.4, -0.2) is 90.2 Å². The molecule has 3 atom stereocenters. The lowest BCUT2D eigenvalue weighted by atomic mass is 9.34. The van der Waals surface area contributed by atoms with Crippen LogP contribution in [0.15, 0.2) is 0 Å². The highest BCUT2D eigenvalue weighted by atomic mass is 16.6. The van der Waals surface area contributed by atoms with Gasteiger partial charge in [-0.3, -0.25) is 4.90 Å². The maximum atomic E-state index is 10.3. The van der Waals surface area contributed by atoms with Crippen molar-refractivity contribution in [3.63, 3.8) is 0 Å². The fourth-order valence-electron chi connectivity index (χ4n) is 2.58. The highest BCUT2D eigenvalue weighted by molar-refractivity contribution is 6.61. The van der Waals surface area contributed by atoms with Gasteiger partial charge in [0.1, 0.15) is 36.5 Å². The van der Waals surface area contributed by atoms with Gasteiger partial charge >= 0.3 is 0 Å². The quantitative estimate of drug-likeness (QED) is 0.430. The Labute approximate surface area is 114 Å². The molecule has 0 amide bonds. The second kappa shape index (κ2) is 3.46. The number of hydrogen-bond donors (Lipinski definition) is 2. The molecule has 0 bridgehead atoms. The minimum absolute atomic E-state index is 0.204. The van der Waals surface area contributed by atoms with E-state index in [9.17, 15) is 10.2 Å². The van der Waals surface area contributed by atoms with Crippen LogP contribution >= 0.6 is 0 Å². The Bertz CT molecular complexity index is 387. The predicted octanol–water partition coefficient (Wildman–Crippen LogP) is -3.32. The standard InChI is InChI=1S/C8H10B6NO3/c1-4(2)3-15-6(11,14-4)8(13,17)18-5(9,10)7(15,12)16/h16-17H,3H2,1-2H3. The molecule has 0 aromatic carbocycles. The Morgan fingerprint density at radius 3 is 2.11 bits per heavy atom. The Morgan fingerprint density at radius 2 is 1.61 bits per heavy atom. The van der Waals surface area contributed by atoms with E-state index in [1.165, 1.54) is 0 Å². The van der Waals surface area contributed by atoms with E-state index in [-0.39, 0.29) is 6.54 Å². The molecular weight excluding hydrogens is 223 g/mol. The third-order valence-corrected chi connectivity index (χ3v) is 3.51. The molecule has 2 heterocycles. The molecule has 0 spiro atoms. The van der Waals surface area contributed by atoms with E-state index in [0.717, 1.165) is 4.90 Å². The van der Waals surface area contributed by atoms with Crippen LogP contribution in [0.2, 0.25) is 5.31 Å². The normalized spacial score (nSPS) is 50.4. The topological polar surface area (TPSA) is 52.9 Å². The first-order chi connectivity index (χ1) is 7.75. The van der Waals surface area contributed by atoms with E-state index >= 15 is 0 Å². The third kappa shape index (κ3) is 1.69. The summed E-state index contributed by atoms with van der Waals surface area (Å²) in [5.41, 5.74) is -4.66. The van der Waals surface area contributed by atoms with Crippen molar-refractivity contribution < 1.29 is 14.9 Å². The molecule has 0 aromatic heterocycles. The minimum Gasteiger partial charge on any atom is -0.384 e. The van der Waals surface area contributed by atoms with Gasteiger partial charge < -0.3 is 14.9 Å². The Morgan fingerprint density at radius 1 is 1.11 bits per heavy atom. The van der Waals surface area contributed by atoms with Gasteiger partial charge in [-0.2, -0.15) is 0 Å². The number of morpholine rings is 1. The summed E-state index contributed by atoms with van der Waals surface area (Å²) < 4.78 is 4.90. The zero-order valence-corrected chi connectivity index (χ0v) is 10.4. The van der Waals surface area contributed by atoms with Crippen molar-refractivity contribution in [2.24, 2.45) is 0 Å². The molecule has 2 fully saturated rings. The maximum Gasteiger partial charge on any atom is 0.154 e. The van der Waals surface area contributed by atoms with E-state index in [1.807, 2.05) is 13.8 Å². The Kier molecular flexibility index (Phi) is 2.81. The van der Waals surface area contributed by atoms with Gasteiger partial charge in [-0.15, -0.1) is 0 Å². The van der Waals surface area contributed by atoms with E-state index in [2.05, 4.69) is 0 Å². The molecular formula is C8H10B6NO3. The monoisotopic (exact) mass is 234 g/mol. The summed E-state index contributed by atoms with van der Waals surface area (Å²) in [4.78, 5) is 1.14. The molecule has 0 aromatic rings. The number of fused-ring (bicyclic) bond motifs is 1. The largest absolute Gasteiger partial charge is 0.384 e. The zero-order chi connectivity index (χ0) is 14.2. The summed E-state index contributed by atoms with van der Waals surface area (Å²) >= 11 is 0. The molecule has 2 saturated heterocycles. The lowest BCUT2D eigenvalue weighted by molar-refractivity contribution is -0.297. The fourth-order valence-corrected chi connectivity index (χ4v) is 2.58. The number of nitrogens with zero attached hydrogens (tertiary/aromatic N) is 1. The van der Waals surface area contributed by atoms with Crippen molar-refractivity contribution in [3.05, 3.63) is 0 Å². The van der Waals surface area contributed by atoms with Crippen molar-refractivity contribution in [3.8, 4) is 0 Å². The van der Waals surface area contributed by atoms with E-state index < -0.39 is 27.4 Å². The molecule has 11 radical (unpaired) electrons. The molecule has 4 nitrogen and oxygen atoms in total. The molecule has 2 rings (SSSR count). The predicted molar refractivity (Wildman–Crippen MR) is 71.7 cm³/mol. The van der Waals surface area contributed by atoms with E-state index in [1.54, 1.807) is 7.28 Å². The molecule has 0 aliphatic carbocycles. The second-order valence-corrected chi connectivity index (χ2v) is 5.86. The maximum absolute atomic E-state index is 10.3. The molecule has 2 N–H and O–H groups in total. The van der Waals surface area contributed by atoms with E-state index in [4.69, 9.17) is 44.0 Å².